The van der Waals surface area contributed by atoms with Crippen molar-refractivity contribution in [3.05, 3.63) is 29.1 Å². The van der Waals surface area contributed by atoms with Crippen molar-refractivity contribution in [2.45, 2.75) is 37.6 Å². The van der Waals surface area contributed by atoms with E-state index in [9.17, 15) is 12.8 Å². The van der Waals surface area contributed by atoms with E-state index in [0.717, 1.165) is 25.9 Å². The average molecular weight is 314 g/mol. The zero-order valence-corrected chi connectivity index (χ0v) is 13.9. The minimum Gasteiger partial charge on any atom is -0.305 e. The molecule has 118 valence electrons. The summed E-state index contributed by atoms with van der Waals surface area (Å²) in [5.74, 6) is -0.399. The summed E-state index contributed by atoms with van der Waals surface area (Å²) in [6, 6.07) is 2.53. The summed E-state index contributed by atoms with van der Waals surface area (Å²) in [5, 5.41) is 0. The Bertz CT molecular complexity index is 608. The van der Waals surface area contributed by atoms with E-state index >= 15 is 0 Å². The van der Waals surface area contributed by atoms with Gasteiger partial charge in [0.15, 0.2) is 0 Å². The molecule has 1 aliphatic heterocycles. The van der Waals surface area contributed by atoms with Gasteiger partial charge in [0, 0.05) is 19.6 Å². The second-order valence-corrected chi connectivity index (χ2v) is 7.88. The van der Waals surface area contributed by atoms with E-state index in [1.54, 1.807) is 20.9 Å². The van der Waals surface area contributed by atoms with Gasteiger partial charge in [0.2, 0.25) is 10.0 Å². The van der Waals surface area contributed by atoms with Crippen molar-refractivity contribution >= 4 is 10.0 Å². The molecule has 0 N–H and O–H groups in total. The molecule has 0 aliphatic carbocycles. The number of halogens is 1. The first-order valence-corrected chi connectivity index (χ1v) is 8.61. The lowest BCUT2D eigenvalue weighted by Gasteiger charge is -2.35. The van der Waals surface area contributed by atoms with Gasteiger partial charge >= 0.3 is 0 Å². The number of sulfonamides is 1. The van der Waals surface area contributed by atoms with Crippen LogP contribution in [0.2, 0.25) is 0 Å². The van der Waals surface area contributed by atoms with Crippen LogP contribution in [-0.2, 0) is 10.0 Å². The molecule has 1 unspecified atom stereocenters. The van der Waals surface area contributed by atoms with Gasteiger partial charge in [0.1, 0.15) is 5.82 Å². The van der Waals surface area contributed by atoms with Gasteiger partial charge in [-0.05, 0) is 63.5 Å². The lowest BCUT2D eigenvalue weighted by Crippen LogP contribution is -2.47. The number of likely N-dealkylation sites (N-methyl/N-ethyl adjacent to an activating group) is 2. The number of nitrogens with zero attached hydrogens (tertiary/aromatic N) is 2. The minimum atomic E-state index is -3.60. The van der Waals surface area contributed by atoms with Gasteiger partial charge in [-0.25, -0.2) is 12.8 Å². The highest BCUT2D eigenvalue weighted by molar-refractivity contribution is 7.89. The first-order valence-electron chi connectivity index (χ1n) is 7.17. The van der Waals surface area contributed by atoms with Crippen LogP contribution in [-0.4, -0.2) is 50.8 Å². The highest BCUT2D eigenvalue weighted by atomic mass is 32.2. The van der Waals surface area contributed by atoms with Crippen LogP contribution in [0.25, 0.3) is 0 Å². The zero-order chi connectivity index (χ0) is 15.8. The van der Waals surface area contributed by atoms with Crippen molar-refractivity contribution < 1.29 is 12.8 Å². The predicted molar refractivity (Wildman–Crippen MR) is 81.3 cm³/mol. The molecule has 0 spiro atoms. The number of benzene rings is 1. The fraction of sp³-hybridized carbons (Fsp3) is 0.600. The van der Waals surface area contributed by atoms with Crippen molar-refractivity contribution in [2.75, 3.05) is 27.2 Å². The fourth-order valence-electron chi connectivity index (χ4n) is 3.08. The summed E-state index contributed by atoms with van der Waals surface area (Å²) in [7, 11) is 0.0273. The molecule has 1 fully saturated rings. The van der Waals surface area contributed by atoms with Gasteiger partial charge < -0.3 is 4.90 Å². The van der Waals surface area contributed by atoms with Crippen LogP contribution < -0.4 is 0 Å². The van der Waals surface area contributed by atoms with Crippen molar-refractivity contribution in [3.63, 3.8) is 0 Å². The van der Waals surface area contributed by atoms with E-state index in [4.69, 9.17) is 0 Å². The Labute approximate surface area is 126 Å². The van der Waals surface area contributed by atoms with Crippen LogP contribution in [0.3, 0.4) is 0 Å². The molecule has 2 rings (SSSR count). The molecule has 4 nitrogen and oxygen atoms in total. The molecular formula is C15H23FN2O2S. The molecule has 21 heavy (non-hydrogen) atoms. The molecule has 1 heterocycles. The number of rotatable bonds is 3. The number of hydrogen-bond donors (Lipinski definition) is 0. The van der Waals surface area contributed by atoms with Gasteiger partial charge in [-0.3, -0.25) is 0 Å². The second kappa shape index (κ2) is 6.02. The molecule has 1 saturated heterocycles. The Morgan fingerprint density at radius 3 is 2.38 bits per heavy atom. The van der Waals surface area contributed by atoms with Crippen molar-refractivity contribution in [1.82, 2.24) is 9.21 Å². The van der Waals surface area contributed by atoms with Gasteiger partial charge in [-0.1, -0.05) is 0 Å². The van der Waals surface area contributed by atoms with Crippen LogP contribution in [0.15, 0.2) is 17.0 Å². The summed E-state index contributed by atoms with van der Waals surface area (Å²) in [6.07, 6.45) is 1.85. The van der Waals surface area contributed by atoms with E-state index in [1.165, 1.54) is 16.4 Å². The molecule has 0 radical (unpaired) electrons. The molecule has 1 atom stereocenters. The fourth-order valence-corrected chi connectivity index (χ4v) is 4.86. The van der Waals surface area contributed by atoms with Gasteiger partial charge in [-0.2, -0.15) is 4.31 Å². The van der Waals surface area contributed by atoms with Crippen LogP contribution >= 0.6 is 0 Å². The Hall–Kier alpha value is -0.980. The van der Waals surface area contributed by atoms with Gasteiger partial charge in [-0.15, -0.1) is 0 Å². The molecule has 1 aromatic carbocycles. The van der Waals surface area contributed by atoms with Crippen molar-refractivity contribution in [3.8, 4) is 0 Å². The molecule has 6 heteroatoms. The zero-order valence-electron chi connectivity index (χ0n) is 13.1. The number of aryl methyl sites for hydroxylation is 2. The maximum Gasteiger partial charge on any atom is 0.243 e. The lowest BCUT2D eigenvalue weighted by atomic mass is 10.1. The molecule has 0 saturated carbocycles. The van der Waals surface area contributed by atoms with Gasteiger partial charge in [0.25, 0.3) is 0 Å². The van der Waals surface area contributed by atoms with Crippen molar-refractivity contribution in [1.29, 1.82) is 0 Å². The number of hydrogen-bond acceptors (Lipinski definition) is 3. The second-order valence-electron chi connectivity index (χ2n) is 5.95. The maximum absolute atomic E-state index is 13.4. The third-order valence-corrected chi connectivity index (χ3v) is 6.39. The molecule has 0 aromatic heterocycles. The summed E-state index contributed by atoms with van der Waals surface area (Å²) < 4.78 is 40.6. The summed E-state index contributed by atoms with van der Waals surface area (Å²) in [6.45, 7) is 5.02. The first-order chi connectivity index (χ1) is 9.73. The molecule has 1 aromatic rings. The number of likely N-dealkylation sites (tertiary alicyclic amines) is 1. The lowest BCUT2D eigenvalue weighted by molar-refractivity contribution is 0.187. The maximum atomic E-state index is 13.4. The molecule has 0 bridgehead atoms. The Morgan fingerprint density at radius 1 is 1.29 bits per heavy atom. The largest absolute Gasteiger partial charge is 0.305 e. The van der Waals surface area contributed by atoms with E-state index in [0.29, 0.717) is 11.1 Å². The third-order valence-electron chi connectivity index (χ3n) is 4.18. The normalized spacial score (nSPS) is 21.0. The smallest absolute Gasteiger partial charge is 0.243 e. The van der Waals surface area contributed by atoms with Gasteiger partial charge in [0.05, 0.1) is 4.90 Å². The summed E-state index contributed by atoms with van der Waals surface area (Å²) in [5.41, 5.74) is 0.923. The quantitative estimate of drug-likeness (QED) is 0.858. The Balaban J connectivity index is 2.38. The number of piperidine rings is 1. The third kappa shape index (κ3) is 3.27. The Morgan fingerprint density at radius 2 is 1.86 bits per heavy atom. The van der Waals surface area contributed by atoms with Crippen LogP contribution in [0.1, 0.15) is 24.0 Å². The minimum absolute atomic E-state index is 0.0300. The van der Waals surface area contributed by atoms with E-state index in [1.807, 2.05) is 7.05 Å². The molecule has 1 aliphatic rings. The predicted octanol–water partition coefficient (Wildman–Crippen LogP) is 2.16. The Kier molecular flexibility index (Phi) is 4.70. The van der Waals surface area contributed by atoms with Crippen LogP contribution in [0.4, 0.5) is 4.39 Å². The SMILES string of the molecule is Cc1cc(F)cc(C)c1S(=O)(=O)N(C)C1CCCN(C)C1. The average Bonchev–Trinajstić information content (AvgIpc) is 2.36. The standard InChI is InChI=1S/C15H23FN2O2S/c1-11-8-13(16)9-12(2)15(11)21(19,20)18(4)14-6-5-7-17(3)10-14/h8-9,14H,5-7,10H2,1-4H3. The molecule has 0 amide bonds. The topological polar surface area (TPSA) is 40.6 Å². The van der Waals surface area contributed by atoms with Crippen LogP contribution in [0, 0.1) is 19.7 Å². The van der Waals surface area contributed by atoms with E-state index in [-0.39, 0.29) is 10.9 Å². The summed E-state index contributed by atoms with van der Waals surface area (Å²) >= 11 is 0. The monoisotopic (exact) mass is 314 g/mol. The highest BCUT2D eigenvalue weighted by Gasteiger charge is 2.32. The highest BCUT2D eigenvalue weighted by Crippen LogP contribution is 2.27. The summed E-state index contributed by atoms with van der Waals surface area (Å²) in [4.78, 5) is 2.38. The van der Waals surface area contributed by atoms with Crippen LogP contribution in [0.5, 0.6) is 0 Å². The van der Waals surface area contributed by atoms with E-state index < -0.39 is 15.8 Å². The van der Waals surface area contributed by atoms with Crippen molar-refractivity contribution in [2.24, 2.45) is 0 Å². The molecular weight excluding hydrogens is 291 g/mol. The van der Waals surface area contributed by atoms with E-state index in [2.05, 4.69) is 4.90 Å². The first kappa shape index (κ1) is 16.4.